The van der Waals surface area contributed by atoms with Crippen molar-refractivity contribution in [2.75, 3.05) is 27.2 Å². The molecule has 2 aliphatic rings. The number of carboxylic acid groups (broad SMARTS) is 1. The molecule has 21 heavy (non-hydrogen) atoms. The van der Waals surface area contributed by atoms with Gasteiger partial charge in [-0.05, 0) is 52.6 Å². The summed E-state index contributed by atoms with van der Waals surface area (Å²) < 4.78 is 0. The third-order valence-corrected chi connectivity index (χ3v) is 5.52. The maximum Gasteiger partial charge on any atom is 0.329 e. The molecular formula is C15H27N3O3. The molecule has 0 spiro atoms. The van der Waals surface area contributed by atoms with E-state index in [1.165, 1.54) is 11.3 Å². The van der Waals surface area contributed by atoms with E-state index in [0.717, 1.165) is 19.3 Å². The Labute approximate surface area is 126 Å². The van der Waals surface area contributed by atoms with Crippen LogP contribution in [0.3, 0.4) is 0 Å². The predicted molar refractivity (Wildman–Crippen MR) is 80.3 cm³/mol. The number of urea groups is 1. The Morgan fingerprint density at radius 1 is 1.24 bits per heavy atom. The van der Waals surface area contributed by atoms with Crippen molar-refractivity contribution in [3.8, 4) is 0 Å². The lowest BCUT2D eigenvalue weighted by Crippen LogP contribution is -2.61. The van der Waals surface area contributed by atoms with Crippen LogP contribution >= 0.6 is 0 Å². The first-order valence-corrected chi connectivity index (χ1v) is 7.84. The van der Waals surface area contributed by atoms with Gasteiger partial charge in [-0.3, -0.25) is 0 Å². The number of hydrogen-bond donors (Lipinski definition) is 2. The molecule has 0 aromatic carbocycles. The first kappa shape index (κ1) is 16.1. The van der Waals surface area contributed by atoms with Crippen molar-refractivity contribution in [1.82, 2.24) is 15.1 Å². The van der Waals surface area contributed by atoms with Crippen molar-refractivity contribution in [2.45, 2.75) is 56.5 Å². The van der Waals surface area contributed by atoms with E-state index in [2.05, 4.69) is 10.2 Å². The zero-order valence-electron chi connectivity index (χ0n) is 13.3. The van der Waals surface area contributed by atoms with Crippen LogP contribution in [0, 0.1) is 0 Å². The highest BCUT2D eigenvalue weighted by atomic mass is 16.4. The van der Waals surface area contributed by atoms with E-state index in [1.807, 2.05) is 21.0 Å². The highest BCUT2D eigenvalue weighted by molar-refractivity contribution is 5.87. The van der Waals surface area contributed by atoms with E-state index < -0.39 is 11.5 Å². The maximum absolute atomic E-state index is 12.5. The van der Waals surface area contributed by atoms with Gasteiger partial charge in [0.25, 0.3) is 0 Å². The van der Waals surface area contributed by atoms with Crippen molar-refractivity contribution < 1.29 is 14.7 Å². The van der Waals surface area contributed by atoms with Crippen LogP contribution in [0.1, 0.15) is 45.4 Å². The Balaban J connectivity index is 2.01. The molecule has 6 heteroatoms. The van der Waals surface area contributed by atoms with Crippen molar-refractivity contribution in [3.05, 3.63) is 0 Å². The van der Waals surface area contributed by atoms with Crippen LogP contribution in [0.25, 0.3) is 0 Å². The monoisotopic (exact) mass is 297 g/mol. The van der Waals surface area contributed by atoms with Gasteiger partial charge in [-0.15, -0.1) is 0 Å². The van der Waals surface area contributed by atoms with Gasteiger partial charge >= 0.3 is 12.0 Å². The van der Waals surface area contributed by atoms with E-state index in [0.29, 0.717) is 25.9 Å². The zero-order valence-corrected chi connectivity index (χ0v) is 13.3. The van der Waals surface area contributed by atoms with E-state index in [-0.39, 0.29) is 11.6 Å². The molecule has 1 unspecified atom stereocenters. The molecule has 1 atom stereocenters. The molecule has 2 rings (SSSR count). The van der Waals surface area contributed by atoms with E-state index in [9.17, 15) is 14.7 Å². The van der Waals surface area contributed by atoms with E-state index in [1.54, 1.807) is 0 Å². The number of likely N-dealkylation sites (tertiary alicyclic amines) is 1. The minimum absolute atomic E-state index is 0.0491. The molecule has 0 bridgehead atoms. The predicted octanol–water partition coefficient (Wildman–Crippen LogP) is 1.51. The van der Waals surface area contributed by atoms with Gasteiger partial charge in [-0.1, -0.05) is 6.92 Å². The van der Waals surface area contributed by atoms with Gasteiger partial charge in [-0.2, -0.15) is 0 Å². The molecule has 2 N–H and O–H groups in total. The van der Waals surface area contributed by atoms with Gasteiger partial charge in [0.2, 0.25) is 0 Å². The third-order valence-electron chi connectivity index (χ3n) is 5.52. The zero-order chi connectivity index (χ0) is 15.7. The smallest absolute Gasteiger partial charge is 0.329 e. The molecule has 2 fully saturated rings. The van der Waals surface area contributed by atoms with Gasteiger partial charge in [0.15, 0.2) is 0 Å². The lowest BCUT2D eigenvalue weighted by atomic mass is 9.75. The molecule has 0 aromatic rings. The first-order chi connectivity index (χ1) is 9.88. The second kappa shape index (κ2) is 5.83. The Bertz CT molecular complexity index is 420. The Morgan fingerprint density at radius 3 is 2.33 bits per heavy atom. The standard InChI is InChI=1S/C15H27N3O3/c1-4-15(12(19)20)9-6-10-18(15)13(21)16-11-14(17(2)3)7-5-8-14/h4-11H2,1-3H3,(H,16,21)(H,19,20). The first-order valence-electron chi connectivity index (χ1n) is 7.84. The fraction of sp³-hybridized carbons (Fsp3) is 0.867. The molecule has 1 heterocycles. The molecule has 2 amide bonds. The van der Waals surface area contributed by atoms with E-state index in [4.69, 9.17) is 0 Å². The number of carbonyl (C=O) groups excluding carboxylic acids is 1. The lowest BCUT2D eigenvalue weighted by molar-refractivity contribution is -0.148. The molecule has 0 radical (unpaired) electrons. The van der Waals surface area contributed by atoms with Gasteiger partial charge in [-0.25, -0.2) is 9.59 Å². The summed E-state index contributed by atoms with van der Waals surface area (Å²) in [6.07, 6.45) is 5.11. The summed E-state index contributed by atoms with van der Waals surface area (Å²) in [5.74, 6) is -0.886. The Morgan fingerprint density at radius 2 is 1.90 bits per heavy atom. The molecule has 6 nitrogen and oxygen atoms in total. The molecule has 1 saturated carbocycles. The Hall–Kier alpha value is -1.30. The molecule has 0 aromatic heterocycles. The fourth-order valence-electron chi connectivity index (χ4n) is 3.62. The molecular weight excluding hydrogens is 270 g/mol. The number of nitrogens with one attached hydrogen (secondary N) is 1. The molecule has 1 saturated heterocycles. The average Bonchev–Trinajstić information content (AvgIpc) is 2.81. The van der Waals surface area contributed by atoms with Crippen LogP contribution in [0.15, 0.2) is 0 Å². The second-order valence-electron chi connectivity index (χ2n) is 6.58. The lowest BCUT2D eigenvalue weighted by Gasteiger charge is -2.47. The summed E-state index contributed by atoms with van der Waals surface area (Å²) in [4.78, 5) is 27.8. The Kier molecular flexibility index (Phi) is 4.46. The van der Waals surface area contributed by atoms with Gasteiger partial charge in [0.1, 0.15) is 5.54 Å². The maximum atomic E-state index is 12.5. The number of carboxylic acids is 1. The van der Waals surface area contributed by atoms with Crippen LogP contribution in [-0.4, -0.2) is 65.2 Å². The summed E-state index contributed by atoms with van der Waals surface area (Å²) >= 11 is 0. The van der Waals surface area contributed by atoms with E-state index >= 15 is 0 Å². The van der Waals surface area contributed by atoms with Crippen molar-refractivity contribution in [2.24, 2.45) is 0 Å². The minimum atomic E-state index is -1.02. The summed E-state index contributed by atoms with van der Waals surface area (Å²) in [6.45, 7) is 2.96. The summed E-state index contributed by atoms with van der Waals surface area (Å²) in [7, 11) is 4.07. The fourth-order valence-corrected chi connectivity index (χ4v) is 3.62. The van der Waals surface area contributed by atoms with Gasteiger partial charge in [0.05, 0.1) is 0 Å². The van der Waals surface area contributed by atoms with Gasteiger partial charge in [0, 0.05) is 18.6 Å². The number of hydrogen-bond acceptors (Lipinski definition) is 3. The molecule has 1 aliphatic heterocycles. The van der Waals surface area contributed by atoms with Crippen LogP contribution in [0.4, 0.5) is 4.79 Å². The number of amides is 2. The average molecular weight is 297 g/mol. The van der Waals surface area contributed by atoms with Crippen LogP contribution < -0.4 is 5.32 Å². The highest BCUT2D eigenvalue weighted by Gasteiger charge is 2.49. The largest absolute Gasteiger partial charge is 0.479 e. The minimum Gasteiger partial charge on any atom is -0.479 e. The quantitative estimate of drug-likeness (QED) is 0.807. The van der Waals surface area contributed by atoms with Crippen LogP contribution in [0.2, 0.25) is 0 Å². The summed E-state index contributed by atoms with van der Waals surface area (Å²) in [6, 6.07) is -0.232. The third kappa shape index (κ3) is 2.61. The number of aliphatic carboxylic acids is 1. The highest BCUT2D eigenvalue weighted by Crippen LogP contribution is 2.36. The van der Waals surface area contributed by atoms with Gasteiger partial charge < -0.3 is 20.2 Å². The van der Waals surface area contributed by atoms with Crippen molar-refractivity contribution in [3.63, 3.8) is 0 Å². The topological polar surface area (TPSA) is 72.9 Å². The van der Waals surface area contributed by atoms with Crippen LogP contribution in [0.5, 0.6) is 0 Å². The van der Waals surface area contributed by atoms with Crippen molar-refractivity contribution >= 4 is 12.0 Å². The number of likely N-dealkylation sites (N-methyl/N-ethyl adjacent to an activating group) is 1. The SMILES string of the molecule is CCC1(C(=O)O)CCCN1C(=O)NCC1(N(C)C)CCC1. The summed E-state index contributed by atoms with van der Waals surface area (Å²) in [5.41, 5.74) is -0.970. The molecule has 120 valence electrons. The second-order valence-corrected chi connectivity index (χ2v) is 6.58. The number of nitrogens with zero attached hydrogens (tertiary/aromatic N) is 2. The normalized spacial score (nSPS) is 27.5. The van der Waals surface area contributed by atoms with Crippen LogP contribution in [-0.2, 0) is 4.79 Å². The molecule has 1 aliphatic carbocycles. The summed E-state index contributed by atoms with van der Waals surface area (Å²) in [5, 5.41) is 12.5. The van der Waals surface area contributed by atoms with Crippen molar-refractivity contribution in [1.29, 1.82) is 0 Å². The number of rotatable bonds is 5. The number of carbonyl (C=O) groups is 2.